The molecule has 0 spiro atoms. The average Bonchev–Trinajstić information content (AvgIpc) is 2.64. The number of carbonyl (C=O) groups is 1. The molecule has 0 bridgehead atoms. The molecule has 2 rings (SSSR count). The summed E-state index contributed by atoms with van der Waals surface area (Å²) in [7, 11) is 0. The van der Waals surface area contributed by atoms with Crippen LogP contribution in [-0.2, 0) is 11.2 Å². The highest BCUT2D eigenvalue weighted by Gasteiger charge is 2.20. The van der Waals surface area contributed by atoms with Crippen LogP contribution in [0.15, 0.2) is 24.3 Å². The summed E-state index contributed by atoms with van der Waals surface area (Å²) in [5, 5.41) is 8.76. The van der Waals surface area contributed by atoms with Crippen molar-refractivity contribution in [1.29, 1.82) is 0 Å². The summed E-state index contributed by atoms with van der Waals surface area (Å²) in [5.74, 6) is -0.772. The maximum absolute atomic E-state index is 10.7. The largest absolute Gasteiger partial charge is 0.481 e. The van der Waals surface area contributed by atoms with E-state index in [9.17, 15) is 4.79 Å². The quantitative estimate of drug-likeness (QED) is 0.848. The zero-order valence-electron chi connectivity index (χ0n) is 9.52. The van der Waals surface area contributed by atoms with Gasteiger partial charge in [0.05, 0.1) is 6.42 Å². The van der Waals surface area contributed by atoms with Gasteiger partial charge in [0.15, 0.2) is 0 Å². The van der Waals surface area contributed by atoms with Gasteiger partial charge in [-0.3, -0.25) is 4.79 Å². The summed E-state index contributed by atoms with van der Waals surface area (Å²) in [6.45, 7) is 3.30. The summed E-state index contributed by atoms with van der Waals surface area (Å²) < 4.78 is 0. The third-order valence-corrected chi connectivity index (χ3v) is 3.15. The van der Waals surface area contributed by atoms with Crippen molar-refractivity contribution in [2.24, 2.45) is 0 Å². The van der Waals surface area contributed by atoms with Gasteiger partial charge < -0.3 is 10.0 Å². The van der Waals surface area contributed by atoms with Crippen molar-refractivity contribution < 1.29 is 9.90 Å². The van der Waals surface area contributed by atoms with Crippen LogP contribution in [0.4, 0.5) is 5.69 Å². The Morgan fingerprint density at radius 2 is 2.38 bits per heavy atom. The van der Waals surface area contributed by atoms with E-state index in [-0.39, 0.29) is 6.42 Å². The molecular formula is C13H17NO2. The molecule has 0 radical (unpaired) electrons. The van der Waals surface area contributed by atoms with Crippen LogP contribution >= 0.6 is 0 Å². The topological polar surface area (TPSA) is 40.5 Å². The lowest BCUT2D eigenvalue weighted by atomic mass is 10.1. The van der Waals surface area contributed by atoms with Crippen molar-refractivity contribution in [3.63, 3.8) is 0 Å². The van der Waals surface area contributed by atoms with Gasteiger partial charge in [0.1, 0.15) is 0 Å². The molecule has 1 fully saturated rings. The number of benzene rings is 1. The predicted octanol–water partition coefficient (Wildman–Crippen LogP) is 2.30. The second-order valence-corrected chi connectivity index (χ2v) is 4.43. The van der Waals surface area contributed by atoms with Crippen LogP contribution in [0.5, 0.6) is 0 Å². The summed E-state index contributed by atoms with van der Waals surface area (Å²) in [4.78, 5) is 13.0. The molecule has 1 saturated heterocycles. The fraction of sp³-hybridized carbons (Fsp3) is 0.462. The third-order valence-electron chi connectivity index (χ3n) is 3.15. The van der Waals surface area contributed by atoms with Crippen LogP contribution in [0.1, 0.15) is 25.3 Å². The molecule has 1 aliphatic rings. The van der Waals surface area contributed by atoms with E-state index in [0.29, 0.717) is 6.04 Å². The number of hydrogen-bond donors (Lipinski definition) is 1. The van der Waals surface area contributed by atoms with Gasteiger partial charge in [-0.05, 0) is 37.5 Å². The van der Waals surface area contributed by atoms with Gasteiger partial charge in [-0.15, -0.1) is 0 Å². The Kier molecular flexibility index (Phi) is 3.13. The smallest absolute Gasteiger partial charge is 0.307 e. The Hall–Kier alpha value is -1.51. The van der Waals surface area contributed by atoms with E-state index in [4.69, 9.17) is 5.11 Å². The van der Waals surface area contributed by atoms with E-state index < -0.39 is 5.97 Å². The van der Waals surface area contributed by atoms with Gasteiger partial charge in [0, 0.05) is 18.3 Å². The van der Waals surface area contributed by atoms with Gasteiger partial charge in [0.25, 0.3) is 0 Å². The molecule has 1 aromatic rings. The molecule has 0 amide bonds. The van der Waals surface area contributed by atoms with Crippen LogP contribution in [0, 0.1) is 0 Å². The van der Waals surface area contributed by atoms with E-state index in [1.54, 1.807) is 0 Å². The molecule has 1 aromatic carbocycles. The average molecular weight is 219 g/mol. The predicted molar refractivity (Wildman–Crippen MR) is 63.8 cm³/mol. The maximum atomic E-state index is 10.7. The van der Waals surface area contributed by atoms with Crippen LogP contribution in [0.25, 0.3) is 0 Å². The highest BCUT2D eigenvalue weighted by molar-refractivity contribution is 5.71. The lowest BCUT2D eigenvalue weighted by Crippen LogP contribution is -2.26. The zero-order valence-corrected chi connectivity index (χ0v) is 9.52. The maximum Gasteiger partial charge on any atom is 0.307 e. The minimum absolute atomic E-state index is 0.107. The minimum atomic E-state index is -0.772. The molecular weight excluding hydrogens is 202 g/mol. The molecule has 1 atom stereocenters. The summed E-state index contributed by atoms with van der Waals surface area (Å²) in [6.07, 6.45) is 2.56. The molecule has 3 nitrogen and oxygen atoms in total. The first-order chi connectivity index (χ1) is 7.66. The van der Waals surface area contributed by atoms with Gasteiger partial charge in [-0.1, -0.05) is 12.1 Å². The number of hydrogen-bond acceptors (Lipinski definition) is 2. The lowest BCUT2D eigenvalue weighted by Gasteiger charge is -2.24. The summed E-state index contributed by atoms with van der Waals surface area (Å²) in [5.41, 5.74) is 2.04. The van der Waals surface area contributed by atoms with Gasteiger partial charge in [-0.25, -0.2) is 0 Å². The lowest BCUT2D eigenvalue weighted by molar-refractivity contribution is -0.136. The SMILES string of the molecule is CC1CCCN1c1cccc(CC(=O)O)c1. The van der Waals surface area contributed by atoms with Crippen molar-refractivity contribution in [2.75, 3.05) is 11.4 Å². The fourth-order valence-electron chi connectivity index (χ4n) is 2.34. The molecule has 1 heterocycles. The molecule has 86 valence electrons. The molecule has 1 N–H and O–H groups in total. The summed E-state index contributed by atoms with van der Waals surface area (Å²) >= 11 is 0. The first kappa shape index (κ1) is 11.0. The van der Waals surface area contributed by atoms with Crippen LogP contribution in [0.3, 0.4) is 0 Å². The Morgan fingerprint density at radius 1 is 1.56 bits per heavy atom. The molecule has 1 unspecified atom stereocenters. The van der Waals surface area contributed by atoms with E-state index in [0.717, 1.165) is 17.8 Å². The van der Waals surface area contributed by atoms with Crippen molar-refractivity contribution in [1.82, 2.24) is 0 Å². The van der Waals surface area contributed by atoms with E-state index in [1.807, 2.05) is 18.2 Å². The highest BCUT2D eigenvalue weighted by atomic mass is 16.4. The Labute approximate surface area is 95.7 Å². The number of rotatable bonds is 3. The Morgan fingerprint density at radius 3 is 3.00 bits per heavy atom. The van der Waals surface area contributed by atoms with E-state index >= 15 is 0 Å². The second-order valence-electron chi connectivity index (χ2n) is 4.43. The second kappa shape index (κ2) is 4.56. The summed E-state index contributed by atoms with van der Waals surface area (Å²) in [6, 6.07) is 8.44. The van der Waals surface area contributed by atoms with Gasteiger partial charge in [0.2, 0.25) is 0 Å². The van der Waals surface area contributed by atoms with Crippen LogP contribution in [0.2, 0.25) is 0 Å². The van der Waals surface area contributed by atoms with Crippen molar-refractivity contribution >= 4 is 11.7 Å². The normalized spacial score (nSPS) is 20.1. The molecule has 0 aromatic heterocycles. The third kappa shape index (κ3) is 2.35. The van der Waals surface area contributed by atoms with Crippen LogP contribution < -0.4 is 4.90 Å². The Bertz CT molecular complexity index is 389. The molecule has 0 saturated carbocycles. The molecule has 3 heteroatoms. The highest BCUT2D eigenvalue weighted by Crippen LogP contribution is 2.25. The van der Waals surface area contributed by atoms with E-state index in [2.05, 4.69) is 17.9 Å². The number of nitrogens with zero attached hydrogens (tertiary/aromatic N) is 1. The molecule has 16 heavy (non-hydrogen) atoms. The van der Waals surface area contributed by atoms with E-state index in [1.165, 1.54) is 12.8 Å². The number of anilines is 1. The fourth-order valence-corrected chi connectivity index (χ4v) is 2.34. The number of carboxylic acid groups (broad SMARTS) is 1. The first-order valence-electron chi connectivity index (χ1n) is 5.74. The van der Waals surface area contributed by atoms with Crippen molar-refractivity contribution in [3.05, 3.63) is 29.8 Å². The monoisotopic (exact) mass is 219 g/mol. The van der Waals surface area contributed by atoms with Gasteiger partial charge in [-0.2, -0.15) is 0 Å². The number of carboxylic acids is 1. The van der Waals surface area contributed by atoms with Crippen molar-refractivity contribution in [2.45, 2.75) is 32.2 Å². The van der Waals surface area contributed by atoms with Crippen LogP contribution in [-0.4, -0.2) is 23.7 Å². The first-order valence-corrected chi connectivity index (χ1v) is 5.74. The molecule has 0 aliphatic carbocycles. The zero-order chi connectivity index (χ0) is 11.5. The minimum Gasteiger partial charge on any atom is -0.481 e. The number of aliphatic carboxylic acids is 1. The Balaban J connectivity index is 2.18. The molecule has 1 aliphatic heterocycles. The standard InChI is InChI=1S/C13H17NO2/c1-10-4-3-7-14(10)12-6-2-5-11(8-12)9-13(15)16/h2,5-6,8,10H,3-4,7,9H2,1H3,(H,15,16). The van der Waals surface area contributed by atoms with Crippen molar-refractivity contribution in [3.8, 4) is 0 Å². The van der Waals surface area contributed by atoms with Gasteiger partial charge >= 0.3 is 5.97 Å².